The molecule has 0 aliphatic rings. The van der Waals surface area contributed by atoms with Crippen LogP contribution in [0.1, 0.15) is 16.1 Å². The Morgan fingerprint density at radius 1 is 1.41 bits per heavy atom. The van der Waals surface area contributed by atoms with Gasteiger partial charge in [0.2, 0.25) is 0 Å². The first-order valence-electron chi connectivity index (χ1n) is 5.24. The average Bonchev–Trinajstić information content (AvgIpc) is 2.70. The molecular weight excluding hydrogens is 256 g/mol. The van der Waals surface area contributed by atoms with E-state index in [1.54, 1.807) is 23.5 Å². The van der Waals surface area contributed by atoms with Crippen LogP contribution in [-0.4, -0.2) is 10.1 Å². The minimum absolute atomic E-state index is 0.119. The molecule has 0 fully saturated rings. The number of phenols is 1. The molecule has 5 heteroatoms. The molecule has 0 aliphatic heterocycles. The minimum Gasteiger partial charge on any atom is -0.506 e. The fraction of sp³-hybridized carbons (Fsp3) is 0.250. The van der Waals surface area contributed by atoms with Crippen LogP contribution in [0.3, 0.4) is 0 Å². The minimum atomic E-state index is 0.119. The fourth-order valence-corrected chi connectivity index (χ4v) is 2.43. The van der Waals surface area contributed by atoms with Crippen molar-refractivity contribution in [1.82, 2.24) is 10.3 Å². The van der Waals surface area contributed by atoms with Crippen molar-refractivity contribution >= 4 is 22.9 Å². The molecule has 0 unspecified atom stereocenters. The van der Waals surface area contributed by atoms with Crippen molar-refractivity contribution in [1.29, 1.82) is 0 Å². The summed E-state index contributed by atoms with van der Waals surface area (Å²) in [5.74, 6) is 0.119. The predicted octanol–water partition coefficient (Wildman–Crippen LogP) is 3.10. The zero-order valence-electron chi connectivity index (χ0n) is 9.40. The van der Waals surface area contributed by atoms with Crippen LogP contribution in [0, 0.1) is 6.92 Å². The molecule has 0 amide bonds. The summed E-state index contributed by atoms with van der Waals surface area (Å²) in [6.45, 7) is 3.53. The number of aromatic hydroxyl groups is 1. The molecule has 3 nitrogen and oxygen atoms in total. The smallest absolute Gasteiger partial charge is 0.134 e. The molecule has 17 heavy (non-hydrogen) atoms. The number of aryl methyl sites for hydroxylation is 1. The van der Waals surface area contributed by atoms with Crippen molar-refractivity contribution in [3.8, 4) is 5.75 Å². The van der Waals surface area contributed by atoms with Gasteiger partial charge in [-0.15, -0.1) is 11.3 Å². The lowest BCUT2D eigenvalue weighted by Crippen LogP contribution is -2.12. The lowest BCUT2D eigenvalue weighted by molar-refractivity contribution is 0.475. The second kappa shape index (κ2) is 5.49. The molecule has 1 aromatic carbocycles. The van der Waals surface area contributed by atoms with Crippen molar-refractivity contribution in [3.05, 3.63) is 44.9 Å². The normalized spacial score (nSPS) is 10.7. The van der Waals surface area contributed by atoms with E-state index in [0.717, 1.165) is 24.3 Å². The molecule has 1 aromatic heterocycles. The third kappa shape index (κ3) is 3.19. The summed E-state index contributed by atoms with van der Waals surface area (Å²) in [6.07, 6.45) is 0. The first kappa shape index (κ1) is 12.4. The van der Waals surface area contributed by atoms with Gasteiger partial charge < -0.3 is 10.4 Å². The number of aromatic nitrogens is 1. The maximum atomic E-state index is 9.30. The van der Waals surface area contributed by atoms with Gasteiger partial charge in [0, 0.05) is 18.0 Å². The van der Waals surface area contributed by atoms with E-state index < -0.39 is 0 Å². The topological polar surface area (TPSA) is 45.2 Å². The second-order valence-electron chi connectivity index (χ2n) is 3.75. The van der Waals surface area contributed by atoms with E-state index in [1.165, 1.54) is 4.88 Å². The van der Waals surface area contributed by atoms with E-state index in [4.69, 9.17) is 11.6 Å². The van der Waals surface area contributed by atoms with E-state index in [1.807, 2.05) is 18.5 Å². The summed E-state index contributed by atoms with van der Waals surface area (Å²) in [7, 11) is 0. The number of hydrogen-bond acceptors (Lipinski definition) is 4. The van der Waals surface area contributed by atoms with Gasteiger partial charge in [0.1, 0.15) is 5.75 Å². The number of nitrogens with one attached hydrogen (secondary N) is 1. The first-order valence-corrected chi connectivity index (χ1v) is 6.49. The van der Waals surface area contributed by atoms with Gasteiger partial charge in [-0.25, -0.2) is 4.98 Å². The van der Waals surface area contributed by atoms with Crippen LogP contribution in [0.4, 0.5) is 0 Å². The highest BCUT2D eigenvalue weighted by Crippen LogP contribution is 2.23. The Balaban J connectivity index is 1.90. The Kier molecular flexibility index (Phi) is 3.99. The summed E-state index contributed by atoms with van der Waals surface area (Å²) in [5, 5.41) is 13.0. The first-order chi connectivity index (χ1) is 8.16. The van der Waals surface area contributed by atoms with E-state index in [0.29, 0.717) is 5.02 Å². The van der Waals surface area contributed by atoms with Gasteiger partial charge in [0.05, 0.1) is 16.2 Å². The molecule has 0 spiro atoms. The second-order valence-corrected chi connectivity index (χ2v) is 5.10. The maximum Gasteiger partial charge on any atom is 0.134 e. The molecule has 0 saturated carbocycles. The van der Waals surface area contributed by atoms with E-state index in [2.05, 4.69) is 10.3 Å². The van der Waals surface area contributed by atoms with Gasteiger partial charge >= 0.3 is 0 Å². The Labute approximate surface area is 109 Å². The van der Waals surface area contributed by atoms with Gasteiger partial charge in [-0.2, -0.15) is 0 Å². The Bertz CT molecular complexity index is 513. The van der Waals surface area contributed by atoms with Crippen LogP contribution in [0.15, 0.2) is 23.7 Å². The van der Waals surface area contributed by atoms with Gasteiger partial charge in [-0.1, -0.05) is 17.7 Å². The van der Waals surface area contributed by atoms with Gasteiger partial charge in [0.15, 0.2) is 0 Å². The van der Waals surface area contributed by atoms with Gasteiger partial charge in [-0.05, 0) is 24.6 Å². The van der Waals surface area contributed by atoms with Gasteiger partial charge in [-0.3, -0.25) is 0 Å². The molecule has 1 heterocycles. The summed E-state index contributed by atoms with van der Waals surface area (Å²) in [4.78, 5) is 5.44. The third-order valence-electron chi connectivity index (χ3n) is 2.47. The van der Waals surface area contributed by atoms with Gasteiger partial charge in [0.25, 0.3) is 0 Å². The lowest BCUT2D eigenvalue weighted by Gasteiger charge is -2.05. The summed E-state index contributed by atoms with van der Waals surface area (Å²) >= 11 is 7.48. The molecule has 90 valence electrons. The number of phenolic OH excluding ortho intramolecular Hbond substituents is 1. The molecule has 2 rings (SSSR count). The van der Waals surface area contributed by atoms with E-state index in [-0.39, 0.29) is 5.75 Å². The van der Waals surface area contributed by atoms with Crippen LogP contribution in [-0.2, 0) is 13.1 Å². The molecular formula is C12H13ClN2OS. The van der Waals surface area contributed by atoms with Crippen molar-refractivity contribution in [2.45, 2.75) is 20.0 Å². The molecule has 0 saturated heterocycles. The van der Waals surface area contributed by atoms with Crippen LogP contribution >= 0.6 is 22.9 Å². The number of hydrogen-bond donors (Lipinski definition) is 2. The highest BCUT2D eigenvalue weighted by molar-refractivity contribution is 7.09. The molecule has 0 atom stereocenters. The molecule has 0 bridgehead atoms. The Morgan fingerprint density at radius 3 is 2.88 bits per heavy atom. The fourth-order valence-electron chi connectivity index (χ4n) is 1.48. The van der Waals surface area contributed by atoms with Crippen LogP contribution in [0.2, 0.25) is 5.02 Å². The zero-order chi connectivity index (χ0) is 12.3. The monoisotopic (exact) mass is 268 g/mol. The number of rotatable bonds is 4. The van der Waals surface area contributed by atoms with Crippen molar-refractivity contribution in [2.24, 2.45) is 0 Å². The highest BCUT2D eigenvalue weighted by Gasteiger charge is 2.02. The van der Waals surface area contributed by atoms with Crippen molar-refractivity contribution < 1.29 is 5.11 Å². The van der Waals surface area contributed by atoms with Crippen molar-refractivity contribution in [2.75, 3.05) is 0 Å². The largest absolute Gasteiger partial charge is 0.506 e. The SMILES string of the molecule is Cc1ncsc1CNCc1ccc(O)c(Cl)c1. The summed E-state index contributed by atoms with van der Waals surface area (Å²) in [6, 6.07) is 5.23. The number of halogens is 1. The molecule has 0 radical (unpaired) electrons. The Morgan fingerprint density at radius 2 is 2.24 bits per heavy atom. The maximum absolute atomic E-state index is 9.30. The van der Waals surface area contributed by atoms with Crippen molar-refractivity contribution in [3.63, 3.8) is 0 Å². The molecule has 2 N–H and O–H groups in total. The molecule has 2 aromatic rings. The zero-order valence-corrected chi connectivity index (χ0v) is 11.0. The standard InChI is InChI=1S/C12H13ClN2OS/c1-8-12(17-7-15-8)6-14-5-9-2-3-11(16)10(13)4-9/h2-4,7,14,16H,5-6H2,1H3. The van der Waals surface area contributed by atoms with Crippen LogP contribution in [0.5, 0.6) is 5.75 Å². The Hall–Kier alpha value is -1.10. The molecule has 0 aliphatic carbocycles. The summed E-state index contributed by atoms with van der Waals surface area (Å²) in [5.41, 5.74) is 3.98. The number of benzene rings is 1. The average molecular weight is 269 g/mol. The quantitative estimate of drug-likeness (QED) is 0.896. The third-order valence-corrected chi connectivity index (χ3v) is 3.71. The summed E-state index contributed by atoms with van der Waals surface area (Å²) < 4.78 is 0. The highest BCUT2D eigenvalue weighted by atomic mass is 35.5. The number of nitrogens with zero attached hydrogens (tertiary/aromatic N) is 1. The van der Waals surface area contributed by atoms with Crippen LogP contribution in [0.25, 0.3) is 0 Å². The van der Waals surface area contributed by atoms with Crippen LogP contribution < -0.4 is 5.32 Å². The van der Waals surface area contributed by atoms with E-state index in [9.17, 15) is 5.11 Å². The lowest BCUT2D eigenvalue weighted by atomic mass is 10.2. The number of thiazole rings is 1. The predicted molar refractivity (Wildman–Crippen MR) is 70.5 cm³/mol. The van der Waals surface area contributed by atoms with E-state index >= 15 is 0 Å².